The third kappa shape index (κ3) is 2.79. The van der Waals surface area contributed by atoms with Crippen molar-refractivity contribution >= 4 is 5.97 Å². The summed E-state index contributed by atoms with van der Waals surface area (Å²) in [7, 11) is 0. The Morgan fingerprint density at radius 2 is 2.29 bits per heavy atom. The summed E-state index contributed by atoms with van der Waals surface area (Å²) in [5, 5.41) is 0. The van der Waals surface area contributed by atoms with Crippen molar-refractivity contribution in [3.8, 4) is 23.3 Å². The molecule has 0 bridgehead atoms. The zero-order chi connectivity index (χ0) is 12.1. The van der Waals surface area contributed by atoms with Crippen LogP contribution in [0.25, 0.3) is 0 Å². The van der Waals surface area contributed by atoms with Crippen LogP contribution in [0.2, 0.25) is 0 Å². The van der Waals surface area contributed by atoms with Gasteiger partial charge in [-0.2, -0.15) is 0 Å². The predicted molar refractivity (Wildman–Crippen MR) is 60.6 cm³/mol. The van der Waals surface area contributed by atoms with Crippen molar-refractivity contribution in [2.45, 2.75) is 0 Å². The Morgan fingerprint density at radius 1 is 1.47 bits per heavy atom. The van der Waals surface area contributed by atoms with Crippen molar-refractivity contribution in [1.29, 1.82) is 0 Å². The van der Waals surface area contributed by atoms with E-state index in [1.807, 2.05) is 0 Å². The van der Waals surface area contributed by atoms with Gasteiger partial charge in [-0.1, -0.05) is 18.6 Å². The van der Waals surface area contributed by atoms with Gasteiger partial charge >= 0.3 is 5.97 Å². The first-order chi connectivity index (χ1) is 8.29. The lowest BCUT2D eigenvalue weighted by molar-refractivity contribution is -0.135. The molecule has 1 aromatic rings. The van der Waals surface area contributed by atoms with Gasteiger partial charge in [-0.15, -0.1) is 0 Å². The second-order valence-electron chi connectivity index (χ2n) is 3.21. The van der Waals surface area contributed by atoms with Gasteiger partial charge in [0.25, 0.3) is 0 Å². The van der Waals surface area contributed by atoms with Crippen LogP contribution in [0.5, 0.6) is 11.5 Å². The van der Waals surface area contributed by atoms with Gasteiger partial charge in [0.15, 0.2) is 11.5 Å². The van der Waals surface area contributed by atoms with Crippen molar-refractivity contribution in [3.05, 3.63) is 36.4 Å². The number of carbonyl (C=O) groups excluding carboxylic acids is 1. The zero-order valence-corrected chi connectivity index (χ0v) is 9.06. The van der Waals surface area contributed by atoms with Crippen LogP contribution < -0.4 is 9.47 Å². The monoisotopic (exact) mass is 230 g/mol. The van der Waals surface area contributed by atoms with E-state index in [-0.39, 0.29) is 13.4 Å². The Morgan fingerprint density at radius 3 is 3.12 bits per heavy atom. The SMILES string of the molecule is C=CCOC(=O)C#Cc1ccc2c(c1)OCO2. The molecule has 0 atom stereocenters. The van der Waals surface area contributed by atoms with Gasteiger partial charge in [0, 0.05) is 11.5 Å². The minimum Gasteiger partial charge on any atom is -0.454 e. The van der Waals surface area contributed by atoms with Crippen molar-refractivity contribution < 1.29 is 19.0 Å². The lowest BCUT2D eigenvalue weighted by Crippen LogP contribution is -2.00. The molecule has 17 heavy (non-hydrogen) atoms. The molecule has 0 aliphatic carbocycles. The second-order valence-corrected chi connectivity index (χ2v) is 3.21. The largest absolute Gasteiger partial charge is 0.454 e. The van der Waals surface area contributed by atoms with E-state index in [0.29, 0.717) is 17.1 Å². The molecule has 0 fully saturated rings. The summed E-state index contributed by atoms with van der Waals surface area (Å²) in [4.78, 5) is 11.1. The van der Waals surface area contributed by atoms with E-state index >= 15 is 0 Å². The third-order valence-electron chi connectivity index (χ3n) is 2.01. The number of benzene rings is 1. The Hall–Kier alpha value is -2.41. The Labute approximate surface area is 98.8 Å². The molecule has 0 spiro atoms. The molecule has 0 aromatic heterocycles. The first kappa shape index (κ1) is 11.1. The summed E-state index contributed by atoms with van der Waals surface area (Å²) in [5.74, 6) is 5.80. The lowest BCUT2D eigenvalue weighted by atomic mass is 10.2. The van der Waals surface area contributed by atoms with Gasteiger partial charge in [0.1, 0.15) is 6.61 Å². The van der Waals surface area contributed by atoms with Gasteiger partial charge in [0.05, 0.1) is 0 Å². The van der Waals surface area contributed by atoms with Crippen molar-refractivity contribution in [2.24, 2.45) is 0 Å². The fourth-order valence-corrected chi connectivity index (χ4v) is 1.27. The summed E-state index contributed by atoms with van der Waals surface area (Å²) < 4.78 is 15.1. The molecular formula is C13H10O4. The maximum atomic E-state index is 11.1. The fraction of sp³-hybridized carbons (Fsp3) is 0.154. The van der Waals surface area contributed by atoms with Gasteiger partial charge in [-0.3, -0.25) is 0 Å². The molecule has 1 aliphatic heterocycles. The average molecular weight is 230 g/mol. The standard InChI is InChI=1S/C13H10O4/c1-2-7-15-13(14)6-4-10-3-5-11-12(8-10)17-9-16-11/h2-3,5,8H,1,7,9H2. The molecule has 0 amide bonds. The molecule has 86 valence electrons. The molecule has 0 unspecified atom stereocenters. The smallest absolute Gasteiger partial charge is 0.385 e. The minimum absolute atomic E-state index is 0.161. The van der Waals surface area contributed by atoms with E-state index in [0.717, 1.165) is 0 Å². The molecule has 4 heteroatoms. The van der Waals surface area contributed by atoms with E-state index in [1.165, 1.54) is 6.08 Å². The number of esters is 1. The quantitative estimate of drug-likeness (QED) is 0.438. The highest BCUT2D eigenvalue weighted by atomic mass is 16.7. The van der Waals surface area contributed by atoms with Crippen LogP contribution in [-0.4, -0.2) is 19.4 Å². The number of hydrogen-bond donors (Lipinski definition) is 0. The normalized spacial score (nSPS) is 11.3. The molecule has 4 nitrogen and oxygen atoms in total. The summed E-state index contributed by atoms with van der Waals surface area (Å²) in [6.45, 7) is 3.81. The van der Waals surface area contributed by atoms with Gasteiger partial charge in [-0.25, -0.2) is 4.79 Å². The first-order valence-electron chi connectivity index (χ1n) is 4.99. The fourth-order valence-electron chi connectivity index (χ4n) is 1.27. The maximum absolute atomic E-state index is 11.1. The van der Waals surface area contributed by atoms with Gasteiger partial charge < -0.3 is 14.2 Å². The molecule has 1 aromatic carbocycles. The average Bonchev–Trinajstić information content (AvgIpc) is 2.81. The number of carbonyl (C=O) groups is 1. The van der Waals surface area contributed by atoms with Crippen LogP contribution in [0.15, 0.2) is 30.9 Å². The highest BCUT2D eigenvalue weighted by Crippen LogP contribution is 2.32. The van der Waals surface area contributed by atoms with E-state index in [2.05, 4.69) is 18.4 Å². The molecule has 1 heterocycles. The van der Waals surface area contributed by atoms with Crippen LogP contribution in [0.4, 0.5) is 0 Å². The number of ether oxygens (including phenoxy) is 3. The highest BCUT2D eigenvalue weighted by molar-refractivity contribution is 5.89. The van der Waals surface area contributed by atoms with Crippen molar-refractivity contribution in [3.63, 3.8) is 0 Å². The number of fused-ring (bicyclic) bond motifs is 1. The van der Waals surface area contributed by atoms with Crippen molar-refractivity contribution in [2.75, 3.05) is 13.4 Å². The Balaban J connectivity index is 2.06. The molecule has 0 saturated heterocycles. The first-order valence-corrected chi connectivity index (χ1v) is 4.99. The molecule has 0 N–H and O–H groups in total. The van der Waals surface area contributed by atoms with E-state index in [9.17, 15) is 4.79 Å². The zero-order valence-electron chi connectivity index (χ0n) is 9.06. The topological polar surface area (TPSA) is 44.8 Å². The molecule has 0 radical (unpaired) electrons. The Kier molecular flexibility index (Phi) is 3.31. The third-order valence-corrected chi connectivity index (χ3v) is 2.01. The predicted octanol–water partition coefficient (Wildman–Crippen LogP) is 1.50. The Bertz CT molecular complexity index is 508. The minimum atomic E-state index is -0.581. The summed E-state index contributed by atoms with van der Waals surface area (Å²) >= 11 is 0. The van der Waals surface area contributed by atoms with Crippen LogP contribution in [-0.2, 0) is 9.53 Å². The van der Waals surface area contributed by atoms with Crippen LogP contribution in [0.1, 0.15) is 5.56 Å². The summed E-state index contributed by atoms with van der Waals surface area (Å²) in [6.07, 6.45) is 1.49. The van der Waals surface area contributed by atoms with Crippen LogP contribution in [0.3, 0.4) is 0 Å². The molecular weight excluding hydrogens is 220 g/mol. The van der Waals surface area contributed by atoms with Crippen LogP contribution >= 0.6 is 0 Å². The van der Waals surface area contributed by atoms with E-state index in [1.54, 1.807) is 18.2 Å². The number of rotatable bonds is 2. The molecule has 1 aliphatic rings. The number of hydrogen-bond acceptors (Lipinski definition) is 4. The summed E-state index contributed by atoms with van der Waals surface area (Å²) in [5.41, 5.74) is 0.671. The van der Waals surface area contributed by atoms with Gasteiger partial charge in [-0.05, 0) is 18.2 Å². The summed E-state index contributed by atoms with van der Waals surface area (Å²) in [6, 6.07) is 5.22. The molecule has 0 saturated carbocycles. The molecule has 2 rings (SSSR count). The second kappa shape index (κ2) is 5.08. The highest BCUT2D eigenvalue weighted by Gasteiger charge is 2.12. The van der Waals surface area contributed by atoms with Gasteiger partial charge in [0.2, 0.25) is 6.79 Å². The van der Waals surface area contributed by atoms with E-state index < -0.39 is 5.97 Å². The lowest BCUT2D eigenvalue weighted by Gasteiger charge is -1.95. The van der Waals surface area contributed by atoms with E-state index in [4.69, 9.17) is 14.2 Å². The van der Waals surface area contributed by atoms with Crippen molar-refractivity contribution in [1.82, 2.24) is 0 Å². The maximum Gasteiger partial charge on any atom is 0.385 e. The van der Waals surface area contributed by atoms with Crippen LogP contribution in [0, 0.1) is 11.8 Å².